The quantitative estimate of drug-likeness (QED) is 0.425. The number of benzene rings is 2. The van der Waals surface area contributed by atoms with Crippen molar-refractivity contribution in [2.24, 2.45) is 0 Å². The molecule has 9 nitrogen and oxygen atoms in total. The number of anilines is 3. The minimum atomic E-state index is -0.239. The second kappa shape index (κ2) is 8.58. The normalized spacial score (nSPS) is 12.9. The van der Waals surface area contributed by atoms with Gasteiger partial charge in [0.2, 0.25) is 0 Å². The lowest BCUT2D eigenvalue weighted by atomic mass is 10.1. The van der Waals surface area contributed by atoms with Crippen LogP contribution in [0.25, 0.3) is 10.9 Å². The number of methoxy groups -OCH3 is 2. The molecule has 5 N–H and O–H groups in total. The summed E-state index contributed by atoms with van der Waals surface area (Å²) in [7, 11) is 3.20. The van der Waals surface area contributed by atoms with Gasteiger partial charge < -0.3 is 30.8 Å². The Labute approximate surface area is 173 Å². The summed E-state index contributed by atoms with van der Waals surface area (Å²) in [5.74, 6) is 1.02. The second-order valence-electron chi connectivity index (χ2n) is 6.48. The summed E-state index contributed by atoms with van der Waals surface area (Å²) in [6.45, 7) is 0.555. The van der Waals surface area contributed by atoms with Crippen LogP contribution in [0.15, 0.2) is 60.6 Å². The zero-order valence-electron chi connectivity index (χ0n) is 16.6. The summed E-state index contributed by atoms with van der Waals surface area (Å²) in [6.07, 6.45) is 3.36. The molecular formula is C21H22N6O3. The molecule has 1 aliphatic rings. The Morgan fingerprint density at radius 2 is 1.77 bits per heavy atom. The molecule has 2 heterocycles. The average molecular weight is 406 g/mol. The van der Waals surface area contributed by atoms with Gasteiger partial charge in [0, 0.05) is 40.9 Å². The molecule has 0 fully saturated rings. The van der Waals surface area contributed by atoms with E-state index in [-0.39, 0.29) is 5.91 Å². The number of hydrogen-bond donors (Lipinski definition) is 5. The van der Waals surface area contributed by atoms with Crippen LogP contribution >= 0.6 is 0 Å². The van der Waals surface area contributed by atoms with E-state index in [1.165, 1.54) is 0 Å². The predicted molar refractivity (Wildman–Crippen MR) is 116 cm³/mol. The molecule has 0 atom stereocenters. The van der Waals surface area contributed by atoms with Crippen LogP contribution in [-0.2, 0) is 4.79 Å². The lowest BCUT2D eigenvalue weighted by Crippen LogP contribution is -2.45. The molecule has 1 amide bonds. The van der Waals surface area contributed by atoms with Crippen molar-refractivity contribution in [1.82, 2.24) is 21.2 Å². The SMILES string of the molecule is COc1cc2nccc(Nc3ccc(NC(=O)C4=CNCNN4)cc3)c2cc1OC. The van der Waals surface area contributed by atoms with Gasteiger partial charge >= 0.3 is 0 Å². The Morgan fingerprint density at radius 1 is 1.03 bits per heavy atom. The highest BCUT2D eigenvalue weighted by atomic mass is 16.5. The van der Waals surface area contributed by atoms with Gasteiger partial charge in [-0.15, -0.1) is 0 Å². The maximum absolute atomic E-state index is 12.2. The molecule has 0 saturated heterocycles. The number of fused-ring (bicyclic) bond motifs is 1. The van der Waals surface area contributed by atoms with E-state index in [4.69, 9.17) is 9.47 Å². The highest BCUT2D eigenvalue weighted by molar-refractivity contribution is 6.03. The molecule has 4 rings (SSSR count). The molecule has 0 saturated carbocycles. The van der Waals surface area contributed by atoms with Crippen molar-refractivity contribution in [2.45, 2.75) is 0 Å². The maximum Gasteiger partial charge on any atom is 0.274 e. The van der Waals surface area contributed by atoms with Gasteiger partial charge in [0.15, 0.2) is 11.5 Å². The number of nitrogens with zero attached hydrogens (tertiary/aromatic N) is 1. The van der Waals surface area contributed by atoms with Crippen LogP contribution in [0.1, 0.15) is 0 Å². The third kappa shape index (κ3) is 4.06. The van der Waals surface area contributed by atoms with Crippen molar-refractivity contribution in [3.63, 3.8) is 0 Å². The van der Waals surface area contributed by atoms with E-state index in [2.05, 4.69) is 31.8 Å². The van der Waals surface area contributed by atoms with E-state index < -0.39 is 0 Å². The molecule has 30 heavy (non-hydrogen) atoms. The monoisotopic (exact) mass is 406 g/mol. The van der Waals surface area contributed by atoms with Crippen molar-refractivity contribution in [2.75, 3.05) is 31.5 Å². The summed E-state index contributed by atoms with van der Waals surface area (Å²) >= 11 is 0. The Morgan fingerprint density at radius 3 is 2.47 bits per heavy atom. The fraction of sp³-hybridized carbons (Fsp3) is 0.143. The topological polar surface area (TPSA) is 109 Å². The van der Waals surface area contributed by atoms with E-state index in [1.807, 2.05) is 42.5 Å². The minimum Gasteiger partial charge on any atom is -0.493 e. The maximum atomic E-state index is 12.2. The third-order valence-electron chi connectivity index (χ3n) is 4.57. The van der Waals surface area contributed by atoms with Crippen molar-refractivity contribution >= 4 is 33.9 Å². The summed E-state index contributed by atoms with van der Waals surface area (Å²) in [5.41, 5.74) is 9.30. The van der Waals surface area contributed by atoms with Gasteiger partial charge in [0.1, 0.15) is 5.70 Å². The molecule has 1 aromatic heterocycles. The zero-order chi connectivity index (χ0) is 20.9. The van der Waals surface area contributed by atoms with Crippen molar-refractivity contribution in [1.29, 1.82) is 0 Å². The van der Waals surface area contributed by atoms with Gasteiger partial charge in [-0.25, -0.2) is 5.43 Å². The van der Waals surface area contributed by atoms with Crippen molar-refractivity contribution in [3.05, 3.63) is 60.6 Å². The van der Waals surface area contributed by atoms with Gasteiger partial charge in [-0.1, -0.05) is 0 Å². The number of aromatic nitrogens is 1. The van der Waals surface area contributed by atoms with E-state index in [9.17, 15) is 4.79 Å². The van der Waals surface area contributed by atoms with Gasteiger partial charge in [0.25, 0.3) is 5.91 Å². The number of ether oxygens (including phenoxy) is 2. The Balaban J connectivity index is 1.52. The molecule has 0 bridgehead atoms. The van der Waals surface area contributed by atoms with Crippen molar-refractivity contribution in [3.8, 4) is 11.5 Å². The van der Waals surface area contributed by atoms with E-state index >= 15 is 0 Å². The second-order valence-corrected chi connectivity index (χ2v) is 6.48. The molecule has 154 valence electrons. The first kappa shape index (κ1) is 19.3. The Hall–Kier alpha value is -3.98. The average Bonchev–Trinajstić information content (AvgIpc) is 2.80. The number of pyridine rings is 1. The van der Waals surface area contributed by atoms with Gasteiger partial charge in [-0.3, -0.25) is 9.78 Å². The van der Waals surface area contributed by atoms with Crippen LogP contribution in [0, 0.1) is 0 Å². The molecule has 1 aliphatic heterocycles. The predicted octanol–water partition coefficient (Wildman–Crippen LogP) is 2.43. The number of rotatable bonds is 6. The van der Waals surface area contributed by atoms with Gasteiger partial charge in [-0.2, -0.15) is 0 Å². The number of hydrogen-bond acceptors (Lipinski definition) is 8. The molecule has 0 spiro atoms. The number of carbonyl (C=O) groups is 1. The summed E-state index contributed by atoms with van der Waals surface area (Å²) in [6, 6.07) is 13.1. The van der Waals surface area contributed by atoms with Crippen LogP contribution < -0.4 is 36.3 Å². The smallest absolute Gasteiger partial charge is 0.274 e. The van der Waals surface area contributed by atoms with Crippen molar-refractivity contribution < 1.29 is 14.3 Å². The third-order valence-corrected chi connectivity index (χ3v) is 4.57. The molecule has 9 heteroatoms. The van der Waals surface area contributed by atoms with Gasteiger partial charge in [0.05, 0.1) is 26.4 Å². The summed E-state index contributed by atoms with van der Waals surface area (Å²) in [4.78, 5) is 16.7. The number of carbonyl (C=O) groups excluding carboxylic acids is 1. The first-order chi connectivity index (χ1) is 14.7. The van der Waals surface area contributed by atoms with Crippen LogP contribution in [0.5, 0.6) is 11.5 Å². The van der Waals surface area contributed by atoms with Crippen LogP contribution in [0.3, 0.4) is 0 Å². The minimum absolute atomic E-state index is 0.239. The first-order valence-electron chi connectivity index (χ1n) is 9.29. The molecule has 0 radical (unpaired) electrons. The Kier molecular flexibility index (Phi) is 5.53. The van der Waals surface area contributed by atoms with Crippen LogP contribution in [0.2, 0.25) is 0 Å². The molecule has 2 aromatic carbocycles. The number of amides is 1. The first-order valence-corrected chi connectivity index (χ1v) is 9.29. The largest absolute Gasteiger partial charge is 0.493 e. The molecular weight excluding hydrogens is 384 g/mol. The van der Waals surface area contributed by atoms with E-state index in [0.29, 0.717) is 29.6 Å². The van der Waals surface area contributed by atoms with E-state index in [0.717, 1.165) is 22.3 Å². The summed E-state index contributed by atoms with van der Waals surface area (Å²) in [5, 5.41) is 10.1. The van der Waals surface area contributed by atoms with Gasteiger partial charge in [-0.05, 0) is 36.4 Å². The number of nitrogens with one attached hydrogen (secondary N) is 5. The molecule has 0 unspecified atom stereocenters. The standard InChI is InChI=1S/C21H22N6O3/c1-29-19-9-15-16(7-8-23-17(15)10-20(19)30-2)25-13-3-5-14(6-4-13)26-21(28)18-11-22-12-24-27-18/h3-11,22,24,27H,12H2,1-2H3,(H,23,25)(H,26,28). The van der Waals surface area contributed by atoms with Crippen LogP contribution in [-0.4, -0.2) is 31.8 Å². The summed E-state index contributed by atoms with van der Waals surface area (Å²) < 4.78 is 10.8. The highest BCUT2D eigenvalue weighted by Crippen LogP contribution is 2.35. The fourth-order valence-electron chi connectivity index (χ4n) is 3.07. The van der Waals surface area contributed by atoms with E-state index in [1.54, 1.807) is 26.6 Å². The number of hydrazine groups is 1. The fourth-order valence-corrected chi connectivity index (χ4v) is 3.07. The lowest BCUT2D eigenvalue weighted by molar-refractivity contribution is -0.113. The molecule has 3 aromatic rings. The zero-order valence-corrected chi connectivity index (χ0v) is 16.6. The highest BCUT2D eigenvalue weighted by Gasteiger charge is 2.12. The Bertz CT molecular complexity index is 1100. The van der Waals surface area contributed by atoms with Crippen LogP contribution in [0.4, 0.5) is 17.1 Å². The molecule has 0 aliphatic carbocycles. The lowest BCUT2D eigenvalue weighted by Gasteiger charge is -2.17.